The van der Waals surface area contributed by atoms with Crippen molar-refractivity contribution in [2.24, 2.45) is 9.98 Å². The van der Waals surface area contributed by atoms with Crippen LogP contribution >= 0.6 is 31.9 Å². The first-order valence-electron chi connectivity index (χ1n) is 12.7. The van der Waals surface area contributed by atoms with E-state index in [0.717, 1.165) is 54.3 Å². The van der Waals surface area contributed by atoms with Crippen molar-refractivity contribution in [3.05, 3.63) is 123 Å². The zero-order valence-corrected chi connectivity index (χ0v) is 24.4. The summed E-state index contributed by atoms with van der Waals surface area (Å²) in [6, 6.07) is 31.0. The molecule has 40 heavy (non-hydrogen) atoms. The van der Waals surface area contributed by atoms with Crippen LogP contribution in [-0.2, 0) is 0 Å². The maximum Gasteiger partial charge on any atom is 0.179 e. The average molecular weight is 654 g/mol. The normalized spacial score (nSPS) is 15.5. The van der Waals surface area contributed by atoms with Gasteiger partial charge in [0.1, 0.15) is 5.75 Å². The molecule has 1 atom stereocenters. The van der Waals surface area contributed by atoms with E-state index in [1.165, 1.54) is 0 Å². The Morgan fingerprint density at radius 2 is 1.60 bits per heavy atom. The van der Waals surface area contributed by atoms with Gasteiger partial charge >= 0.3 is 0 Å². The Morgan fingerprint density at radius 1 is 0.850 bits per heavy atom. The van der Waals surface area contributed by atoms with Gasteiger partial charge in [0.2, 0.25) is 0 Å². The van der Waals surface area contributed by atoms with E-state index in [-0.39, 0.29) is 11.8 Å². The minimum atomic E-state index is -0.347. The molecule has 1 unspecified atom stereocenters. The van der Waals surface area contributed by atoms with Crippen molar-refractivity contribution in [2.75, 3.05) is 10.2 Å². The summed E-state index contributed by atoms with van der Waals surface area (Å²) in [6.07, 6.45) is 0. The Hall–Kier alpha value is -4.21. The lowest BCUT2D eigenvalue weighted by molar-refractivity contribution is 0.474. The van der Waals surface area contributed by atoms with Crippen LogP contribution in [0.25, 0.3) is 5.69 Å². The highest BCUT2D eigenvalue weighted by atomic mass is 79.9. The SMILES string of the molecule is Cc1nn(-c2ccccc2)c2c1C(c1cc(O)ccc1Br)N1C(=N2)C(Nc2ccc(Br)cc2)=Nc2ccccc21. The van der Waals surface area contributed by atoms with Gasteiger partial charge in [-0.15, -0.1) is 0 Å². The quantitative estimate of drug-likeness (QED) is 0.206. The molecule has 0 spiro atoms. The van der Waals surface area contributed by atoms with Crippen LogP contribution in [0, 0.1) is 6.92 Å². The van der Waals surface area contributed by atoms with Gasteiger partial charge in [0.25, 0.3) is 0 Å². The van der Waals surface area contributed by atoms with Crippen molar-refractivity contribution in [3.8, 4) is 11.4 Å². The standard InChI is InChI=1S/C31H22Br2N6O/c1-18-27-28(23-17-22(40)15-16-24(23)33)38-26-10-6-5-9-25(26)35-29(34-20-13-11-19(32)12-14-20)31(38)36-30(27)39(37-18)21-7-3-2-4-8-21/h2-17,28,40H,1H3,(H,34,35). The molecule has 7 nitrogen and oxygen atoms in total. The fraction of sp³-hybridized carbons (Fsp3) is 0.0645. The summed E-state index contributed by atoms with van der Waals surface area (Å²) >= 11 is 7.29. The largest absolute Gasteiger partial charge is 0.508 e. The van der Waals surface area contributed by atoms with E-state index >= 15 is 0 Å². The lowest BCUT2D eigenvalue weighted by Gasteiger charge is -2.41. The number of benzene rings is 4. The number of amidine groups is 2. The summed E-state index contributed by atoms with van der Waals surface area (Å²) in [5, 5.41) is 19.1. The smallest absolute Gasteiger partial charge is 0.179 e. The van der Waals surface area contributed by atoms with Gasteiger partial charge in [-0.3, -0.25) is 0 Å². The molecular weight excluding hydrogens is 632 g/mol. The fourth-order valence-corrected chi connectivity index (χ4v) is 5.98. The second kappa shape index (κ2) is 9.76. The van der Waals surface area contributed by atoms with E-state index in [9.17, 15) is 5.11 Å². The first-order valence-corrected chi connectivity index (χ1v) is 14.3. The third-order valence-corrected chi connectivity index (χ3v) is 8.27. The molecule has 196 valence electrons. The number of fused-ring (bicyclic) bond motifs is 4. The molecule has 0 saturated heterocycles. The molecule has 9 heteroatoms. The number of phenols is 1. The number of hydrogen-bond acceptors (Lipinski definition) is 6. The number of aryl methyl sites for hydroxylation is 1. The number of aliphatic imine (C=N–C) groups is 2. The Bertz CT molecular complexity index is 1830. The molecule has 3 heterocycles. The van der Waals surface area contributed by atoms with Crippen LogP contribution in [0.2, 0.25) is 0 Å². The number of para-hydroxylation sites is 3. The van der Waals surface area contributed by atoms with Gasteiger partial charge in [0.05, 0.1) is 28.8 Å². The molecule has 5 aromatic rings. The second-order valence-electron chi connectivity index (χ2n) is 9.56. The second-order valence-corrected chi connectivity index (χ2v) is 11.3. The van der Waals surface area contributed by atoms with E-state index in [0.29, 0.717) is 11.7 Å². The minimum absolute atomic E-state index is 0.184. The number of aromatic hydroxyl groups is 1. The van der Waals surface area contributed by atoms with Gasteiger partial charge in [0, 0.05) is 20.2 Å². The van der Waals surface area contributed by atoms with Crippen LogP contribution in [0.15, 0.2) is 116 Å². The van der Waals surface area contributed by atoms with Crippen LogP contribution in [0.1, 0.15) is 22.9 Å². The van der Waals surface area contributed by atoms with Crippen LogP contribution in [0.5, 0.6) is 5.75 Å². The zero-order chi connectivity index (χ0) is 27.4. The van der Waals surface area contributed by atoms with Crippen molar-refractivity contribution in [2.45, 2.75) is 13.0 Å². The Balaban J connectivity index is 1.52. The molecule has 4 aromatic carbocycles. The minimum Gasteiger partial charge on any atom is -0.508 e. The highest BCUT2D eigenvalue weighted by Gasteiger charge is 2.42. The lowest BCUT2D eigenvalue weighted by Crippen LogP contribution is -2.46. The topological polar surface area (TPSA) is 78.0 Å². The van der Waals surface area contributed by atoms with Gasteiger partial charge in [-0.2, -0.15) is 5.10 Å². The first kappa shape index (κ1) is 24.8. The summed E-state index contributed by atoms with van der Waals surface area (Å²) in [4.78, 5) is 12.5. The van der Waals surface area contributed by atoms with Crippen LogP contribution in [-0.4, -0.2) is 26.6 Å². The molecule has 2 aliphatic rings. The summed E-state index contributed by atoms with van der Waals surface area (Å²) in [6.45, 7) is 2.01. The Morgan fingerprint density at radius 3 is 2.40 bits per heavy atom. The molecule has 0 radical (unpaired) electrons. The monoisotopic (exact) mass is 652 g/mol. The number of anilines is 2. The van der Waals surface area contributed by atoms with Gasteiger partial charge in [-0.05, 0) is 79.2 Å². The molecule has 2 aliphatic heterocycles. The zero-order valence-electron chi connectivity index (χ0n) is 21.3. The number of nitrogens with one attached hydrogen (secondary N) is 1. The van der Waals surface area contributed by atoms with E-state index < -0.39 is 0 Å². The number of nitrogens with zero attached hydrogens (tertiary/aromatic N) is 5. The Labute approximate surface area is 247 Å². The van der Waals surface area contributed by atoms with Gasteiger partial charge in [-0.1, -0.05) is 62.2 Å². The number of hydrogen-bond donors (Lipinski definition) is 2. The maximum absolute atomic E-state index is 10.6. The van der Waals surface area contributed by atoms with Gasteiger partial charge in [-0.25, -0.2) is 14.7 Å². The average Bonchev–Trinajstić information content (AvgIpc) is 3.31. The summed E-state index contributed by atoms with van der Waals surface area (Å²) in [5.41, 5.74) is 6.23. The molecule has 0 aliphatic carbocycles. The Kier molecular flexibility index (Phi) is 6.05. The fourth-order valence-electron chi connectivity index (χ4n) is 5.25. The molecule has 1 aromatic heterocycles. The maximum atomic E-state index is 10.6. The third-order valence-electron chi connectivity index (χ3n) is 7.02. The van der Waals surface area contributed by atoms with Crippen molar-refractivity contribution in [3.63, 3.8) is 0 Å². The van der Waals surface area contributed by atoms with Crippen LogP contribution in [0.4, 0.5) is 22.9 Å². The number of aromatic nitrogens is 2. The van der Waals surface area contributed by atoms with Crippen molar-refractivity contribution in [1.82, 2.24) is 9.78 Å². The van der Waals surface area contributed by atoms with E-state index in [1.807, 2.05) is 90.5 Å². The van der Waals surface area contributed by atoms with Crippen LogP contribution < -0.4 is 10.2 Å². The lowest BCUT2D eigenvalue weighted by atomic mass is 9.93. The van der Waals surface area contributed by atoms with E-state index in [1.54, 1.807) is 12.1 Å². The summed E-state index contributed by atoms with van der Waals surface area (Å²) in [5.74, 6) is 2.18. The molecule has 7 rings (SSSR count). The molecule has 0 bridgehead atoms. The molecule has 0 fully saturated rings. The van der Waals surface area contributed by atoms with E-state index in [2.05, 4.69) is 48.1 Å². The van der Waals surface area contributed by atoms with Crippen molar-refractivity contribution >= 4 is 66.4 Å². The highest BCUT2D eigenvalue weighted by molar-refractivity contribution is 9.10. The van der Waals surface area contributed by atoms with Gasteiger partial charge < -0.3 is 15.3 Å². The number of phenolic OH excluding ortho intramolecular Hbond substituents is 1. The highest BCUT2D eigenvalue weighted by Crippen LogP contribution is 2.49. The first-order chi connectivity index (χ1) is 19.5. The van der Waals surface area contributed by atoms with Gasteiger partial charge in [0.15, 0.2) is 17.5 Å². The van der Waals surface area contributed by atoms with Crippen molar-refractivity contribution < 1.29 is 5.11 Å². The van der Waals surface area contributed by atoms with Crippen molar-refractivity contribution in [1.29, 1.82) is 0 Å². The molecule has 2 N–H and O–H groups in total. The predicted octanol–water partition coefficient (Wildman–Crippen LogP) is 8.21. The van der Waals surface area contributed by atoms with Crippen LogP contribution in [0.3, 0.4) is 0 Å². The number of halogens is 2. The summed E-state index contributed by atoms with van der Waals surface area (Å²) < 4.78 is 3.75. The third kappa shape index (κ3) is 4.13. The summed E-state index contributed by atoms with van der Waals surface area (Å²) in [7, 11) is 0. The molecule has 0 saturated carbocycles. The predicted molar refractivity (Wildman–Crippen MR) is 167 cm³/mol. The molecular formula is C31H22Br2N6O. The number of rotatable bonds is 3. The molecule has 0 amide bonds. The van der Waals surface area contributed by atoms with E-state index in [4.69, 9.17) is 15.1 Å².